The van der Waals surface area contributed by atoms with Gasteiger partial charge in [-0.15, -0.1) is 0 Å². The predicted molar refractivity (Wildman–Crippen MR) is 39.0 cm³/mol. The first-order valence-corrected chi connectivity index (χ1v) is 4.20. The van der Waals surface area contributed by atoms with Crippen LogP contribution in [0.5, 0.6) is 0 Å². The first kappa shape index (κ1) is 7.53. The lowest BCUT2D eigenvalue weighted by atomic mass is 10.0. The second-order valence-electron chi connectivity index (χ2n) is 3.40. The minimum atomic E-state index is -0.431. The van der Waals surface area contributed by atoms with Crippen LogP contribution in [0.15, 0.2) is 0 Å². The Morgan fingerprint density at radius 1 is 1.36 bits per heavy atom. The van der Waals surface area contributed by atoms with Crippen molar-refractivity contribution in [1.29, 1.82) is 0 Å². The summed E-state index contributed by atoms with van der Waals surface area (Å²) in [6.07, 6.45) is 1.41. The Hall–Kier alpha value is -0.120. The molecular formula is C8H14O3. The normalized spacial score (nSPS) is 42.0. The summed E-state index contributed by atoms with van der Waals surface area (Å²) in [5.41, 5.74) is 0. The van der Waals surface area contributed by atoms with E-state index in [1.54, 1.807) is 0 Å². The van der Waals surface area contributed by atoms with E-state index in [0.29, 0.717) is 13.2 Å². The van der Waals surface area contributed by atoms with Crippen LogP contribution in [0, 0.1) is 5.92 Å². The zero-order chi connectivity index (χ0) is 7.90. The Kier molecular flexibility index (Phi) is 1.67. The van der Waals surface area contributed by atoms with Crippen molar-refractivity contribution in [3.63, 3.8) is 0 Å². The summed E-state index contributed by atoms with van der Waals surface area (Å²) in [5.74, 6) is -0.302. The molecule has 2 aliphatic rings. The Morgan fingerprint density at radius 2 is 2.00 bits per heavy atom. The van der Waals surface area contributed by atoms with E-state index in [1.807, 2.05) is 6.92 Å². The Balaban J connectivity index is 2.13. The van der Waals surface area contributed by atoms with E-state index in [-0.39, 0.29) is 12.0 Å². The largest absolute Gasteiger partial charge is 0.393 e. The van der Waals surface area contributed by atoms with E-state index in [0.717, 1.165) is 12.8 Å². The summed E-state index contributed by atoms with van der Waals surface area (Å²) < 4.78 is 11.0. The molecule has 64 valence electrons. The van der Waals surface area contributed by atoms with Crippen LogP contribution in [0.2, 0.25) is 0 Å². The average Bonchev–Trinajstić information content (AvgIpc) is 2.56. The van der Waals surface area contributed by atoms with Crippen molar-refractivity contribution in [3.05, 3.63) is 0 Å². The van der Waals surface area contributed by atoms with Crippen molar-refractivity contribution in [2.24, 2.45) is 5.92 Å². The highest BCUT2D eigenvalue weighted by Crippen LogP contribution is 2.41. The molecule has 2 unspecified atom stereocenters. The highest BCUT2D eigenvalue weighted by atomic mass is 16.7. The Morgan fingerprint density at radius 3 is 2.45 bits per heavy atom. The Labute approximate surface area is 66.3 Å². The maximum absolute atomic E-state index is 9.46. The predicted octanol–water partition coefficient (Wildman–Crippen LogP) is 0.520. The van der Waals surface area contributed by atoms with Crippen LogP contribution in [0.1, 0.15) is 19.8 Å². The topological polar surface area (TPSA) is 38.7 Å². The maximum Gasteiger partial charge on any atom is 0.173 e. The summed E-state index contributed by atoms with van der Waals surface area (Å²) in [6.45, 7) is 3.34. The summed E-state index contributed by atoms with van der Waals surface area (Å²) >= 11 is 0. The van der Waals surface area contributed by atoms with Crippen molar-refractivity contribution in [2.45, 2.75) is 31.7 Å². The molecular weight excluding hydrogens is 144 g/mol. The Bertz CT molecular complexity index is 151. The molecule has 2 rings (SSSR count). The number of aliphatic hydroxyl groups excluding tert-OH is 1. The zero-order valence-corrected chi connectivity index (χ0v) is 6.75. The quantitative estimate of drug-likeness (QED) is 0.558. The van der Waals surface area contributed by atoms with E-state index in [2.05, 4.69) is 0 Å². The first-order valence-electron chi connectivity index (χ1n) is 4.20. The van der Waals surface area contributed by atoms with Crippen LogP contribution in [0.25, 0.3) is 0 Å². The van der Waals surface area contributed by atoms with Crippen molar-refractivity contribution in [3.8, 4) is 0 Å². The van der Waals surface area contributed by atoms with Crippen LogP contribution < -0.4 is 0 Å². The smallest absolute Gasteiger partial charge is 0.173 e. The molecule has 1 heterocycles. The van der Waals surface area contributed by atoms with Crippen LogP contribution >= 0.6 is 0 Å². The lowest BCUT2D eigenvalue weighted by molar-refractivity contribution is -0.185. The molecule has 1 saturated carbocycles. The van der Waals surface area contributed by atoms with Crippen molar-refractivity contribution >= 4 is 0 Å². The van der Waals surface area contributed by atoms with Gasteiger partial charge in [-0.3, -0.25) is 0 Å². The molecule has 0 radical (unpaired) electrons. The van der Waals surface area contributed by atoms with Gasteiger partial charge < -0.3 is 14.6 Å². The lowest BCUT2D eigenvalue weighted by Crippen LogP contribution is -2.36. The second kappa shape index (κ2) is 2.44. The zero-order valence-electron chi connectivity index (χ0n) is 6.75. The van der Waals surface area contributed by atoms with E-state index in [9.17, 15) is 5.11 Å². The number of hydrogen-bond donors (Lipinski definition) is 1. The number of ether oxygens (including phenoxy) is 2. The molecule has 0 aromatic heterocycles. The van der Waals surface area contributed by atoms with Gasteiger partial charge in [0.15, 0.2) is 5.79 Å². The van der Waals surface area contributed by atoms with Crippen LogP contribution in [0.3, 0.4) is 0 Å². The monoisotopic (exact) mass is 158 g/mol. The summed E-state index contributed by atoms with van der Waals surface area (Å²) in [7, 11) is 0. The van der Waals surface area contributed by atoms with Gasteiger partial charge in [-0.1, -0.05) is 6.92 Å². The highest BCUT2D eigenvalue weighted by Gasteiger charge is 2.49. The first-order chi connectivity index (χ1) is 5.25. The minimum absolute atomic E-state index is 0.130. The third-order valence-corrected chi connectivity index (χ3v) is 2.84. The fourth-order valence-electron chi connectivity index (χ4n) is 2.00. The molecule has 0 aromatic rings. The van der Waals surface area contributed by atoms with Gasteiger partial charge in [-0.25, -0.2) is 0 Å². The number of hydrogen-bond acceptors (Lipinski definition) is 3. The lowest BCUT2D eigenvalue weighted by Gasteiger charge is -2.27. The average molecular weight is 158 g/mol. The molecule has 1 aliphatic heterocycles. The van der Waals surface area contributed by atoms with Crippen molar-refractivity contribution in [2.75, 3.05) is 13.2 Å². The van der Waals surface area contributed by atoms with E-state index in [1.165, 1.54) is 0 Å². The molecule has 1 N–H and O–H groups in total. The molecule has 2 atom stereocenters. The fourth-order valence-corrected chi connectivity index (χ4v) is 2.00. The van der Waals surface area contributed by atoms with Gasteiger partial charge in [-0.2, -0.15) is 0 Å². The van der Waals surface area contributed by atoms with Crippen LogP contribution in [0.4, 0.5) is 0 Å². The van der Waals surface area contributed by atoms with Gasteiger partial charge >= 0.3 is 0 Å². The molecule has 1 spiro atoms. The SMILES string of the molecule is CC1C(O)CCC12OCCO2. The molecule has 0 aromatic carbocycles. The second-order valence-corrected chi connectivity index (χ2v) is 3.40. The van der Waals surface area contributed by atoms with Crippen molar-refractivity contribution < 1.29 is 14.6 Å². The number of rotatable bonds is 0. The maximum atomic E-state index is 9.46. The van der Waals surface area contributed by atoms with E-state index >= 15 is 0 Å². The standard InChI is InChI=1S/C8H14O3/c1-6-7(9)2-3-8(6)10-4-5-11-8/h6-7,9H,2-5H2,1H3. The van der Waals surface area contributed by atoms with Crippen LogP contribution in [-0.4, -0.2) is 30.2 Å². The minimum Gasteiger partial charge on any atom is -0.393 e. The molecule has 3 heteroatoms. The van der Waals surface area contributed by atoms with Crippen LogP contribution in [-0.2, 0) is 9.47 Å². The molecule has 1 saturated heterocycles. The van der Waals surface area contributed by atoms with Gasteiger partial charge in [-0.05, 0) is 6.42 Å². The molecule has 1 aliphatic carbocycles. The summed E-state index contributed by atoms with van der Waals surface area (Å²) in [6, 6.07) is 0. The third-order valence-electron chi connectivity index (χ3n) is 2.84. The van der Waals surface area contributed by atoms with Gasteiger partial charge in [0, 0.05) is 12.3 Å². The third kappa shape index (κ3) is 0.991. The van der Waals surface area contributed by atoms with E-state index in [4.69, 9.17) is 9.47 Å². The molecule has 11 heavy (non-hydrogen) atoms. The molecule has 2 fully saturated rings. The molecule has 3 nitrogen and oxygen atoms in total. The van der Waals surface area contributed by atoms with Gasteiger partial charge in [0.05, 0.1) is 19.3 Å². The van der Waals surface area contributed by atoms with Gasteiger partial charge in [0.25, 0.3) is 0 Å². The summed E-state index contributed by atoms with van der Waals surface area (Å²) in [5, 5.41) is 9.46. The molecule has 0 amide bonds. The fraction of sp³-hybridized carbons (Fsp3) is 1.00. The van der Waals surface area contributed by atoms with E-state index < -0.39 is 5.79 Å². The van der Waals surface area contributed by atoms with Gasteiger partial charge in [0.1, 0.15) is 0 Å². The number of aliphatic hydroxyl groups is 1. The molecule has 0 bridgehead atoms. The highest BCUT2D eigenvalue weighted by molar-refractivity contribution is 4.91. The van der Waals surface area contributed by atoms with Crippen molar-refractivity contribution in [1.82, 2.24) is 0 Å². The summed E-state index contributed by atoms with van der Waals surface area (Å²) in [4.78, 5) is 0. The van der Waals surface area contributed by atoms with Gasteiger partial charge in [0.2, 0.25) is 0 Å².